The van der Waals surface area contributed by atoms with Gasteiger partial charge in [0.15, 0.2) is 0 Å². The summed E-state index contributed by atoms with van der Waals surface area (Å²) in [6, 6.07) is 8.12. The predicted octanol–water partition coefficient (Wildman–Crippen LogP) is 1.73. The summed E-state index contributed by atoms with van der Waals surface area (Å²) in [4.78, 5) is 25.3. The third-order valence-corrected chi connectivity index (χ3v) is 4.96. The Morgan fingerprint density at radius 3 is 2.60 bits per heavy atom. The molecule has 0 bridgehead atoms. The molecule has 130 valence electrons. The van der Waals surface area contributed by atoms with Crippen molar-refractivity contribution in [3.63, 3.8) is 0 Å². The standard InChI is InChI=1S/C19H23N5O/c25-18(22-17-6-5-15-3-1-4-16(15)13-17)14-23-9-11-24(12-10-23)19-20-7-2-8-21-19/h2,5-8,13H,1,3-4,9-12,14H2,(H,22,25). The summed E-state index contributed by atoms with van der Waals surface area (Å²) in [7, 11) is 0. The molecule has 2 aliphatic rings. The summed E-state index contributed by atoms with van der Waals surface area (Å²) in [6.45, 7) is 3.80. The normalized spacial score (nSPS) is 17.4. The first-order valence-corrected chi connectivity index (χ1v) is 8.94. The van der Waals surface area contributed by atoms with Gasteiger partial charge in [-0.3, -0.25) is 9.69 Å². The summed E-state index contributed by atoms with van der Waals surface area (Å²) in [5.74, 6) is 0.826. The number of nitrogens with zero attached hydrogens (tertiary/aromatic N) is 4. The summed E-state index contributed by atoms with van der Waals surface area (Å²) in [6.07, 6.45) is 7.04. The molecule has 4 rings (SSSR count). The predicted molar refractivity (Wildman–Crippen MR) is 97.8 cm³/mol. The van der Waals surface area contributed by atoms with Gasteiger partial charge in [0.05, 0.1) is 6.54 Å². The Hall–Kier alpha value is -2.47. The third-order valence-electron chi connectivity index (χ3n) is 4.96. The lowest BCUT2D eigenvalue weighted by Gasteiger charge is -2.34. The van der Waals surface area contributed by atoms with Gasteiger partial charge in [-0.2, -0.15) is 0 Å². The van der Waals surface area contributed by atoms with Crippen LogP contribution in [-0.4, -0.2) is 53.5 Å². The molecular weight excluding hydrogens is 314 g/mol. The number of fused-ring (bicyclic) bond motifs is 1. The van der Waals surface area contributed by atoms with Crippen LogP contribution in [0.3, 0.4) is 0 Å². The van der Waals surface area contributed by atoms with Crippen LogP contribution in [-0.2, 0) is 17.6 Å². The van der Waals surface area contributed by atoms with Crippen molar-refractivity contribution in [3.8, 4) is 0 Å². The van der Waals surface area contributed by atoms with E-state index in [0.717, 1.165) is 44.2 Å². The molecule has 0 unspecified atom stereocenters. The highest BCUT2D eigenvalue weighted by atomic mass is 16.2. The zero-order valence-electron chi connectivity index (χ0n) is 14.3. The average molecular weight is 337 g/mol. The highest BCUT2D eigenvalue weighted by Crippen LogP contribution is 2.24. The number of carbonyl (C=O) groups is 1. The van der Waals surface area contributed by atoms with Crippen molar-refractivity contribution in [2.45, 2.75) is 19.3 Å². The van der Waals surface area contributed by atoms with E-state index < -0.39 is 0 Å². The Morgan fingerprint density at radius 1 is 1.04 bits per heavy atom. The number of hydrogen-bond acceptors (Lipinski definition) is 5. The van der Waals surface area contributed by atoms with Gasteiger partial charge in [0.1, 0.15) is 0 Å². The molecule has 25 heavy (non-hydrogen) atoms. The van der Waals surface area contributed by atoms with E-state index in [4.69, 9.17) is 0 Å². The van der Waals surface area contributed by atoms with Crippen LogP contribution >= 0.6 is 0 Å². The Bertz CT molecular complexity index is 741. The fraction of sp³-hybridized carbons (Fsp3) is 0.421. The summed E-state index contributed by atoms with van der Waals surface area (Å²) >= 11 is 0. The minimum Gasteiger partial charge on any atom is -0.338 e. The summed E-state index contributed by atoms with van der Waals surface area (Å²) in [5, 5.41) is 3.04. The topological polar surface area (TPSA) is 61.4 Å². The van der Waals surface area contributed by atoms with Crippen molar-refractivity contribution in [3.05, 3.63) is 47.8 Å². The first-order chi connectivity index (χ1) is 12.3. The zero-order valence-corrected chi connectivity index (χ0v) is 14.3. The van der Waals surface area contributed by atoms with Crippen LogP contribution in [0.4, 0.5) is 11.6 Å². The third kappa shape index (κ3) is 3.79. The minimum atomic E-state index is 0.0577. The molecule has 1 fully saturated rings. The highest BCUT2D eigenvalue weighted by molar-refractivity contribution is 5.92. The van der Waals surface area contributed by atoms with Crippen molar-refractivity contribution in [1.82, 2.24) is 14.9 Å². The van der Waals surface area contributed by atoms with Crippen LogP contribution in [0.2, 0.25) is 0 Å². The first kappa shape index (κ1) is 16.0. The molecule has 0 radical (unpaired) electrons. The maximum atomic E-state index is 12.3. The molecule has 1 aliphatic carbocycles. The maximum absolute atomic E-state index is 12.3. The number of aryl methyl sites for hydroxylation is 2. The second kappa shape index (κ2) is 7.19. The molecule has 6 nitrogen and oxygen atoms in total. The van der Waals surface area contributed by atoms with E-state index in [-0.39, 0.29) is 5.91 Å². The lowest BCUT2D eigenvalue weighted by molar-refractivity contribution is -0.117. The van der Waals surface area contributed by atoms with Gasteiger partial charge < -0.3 is 10.2 Å². The van der Waals surface area contributed by atoms with E-state index in [1.807, 2.05) is 12.1 Å². The second-order valence-electron chi connectivity index (χ2n) is 6.70. The molecule has 0 atom stereocenters. The molecule has 1 aromatic carbocycles. The molecule has 1 N–H and O–H groups in total. The van der Waals surface area contributed by atoms with E-state index >= 15 is 0 Å². The van der Waals surface area contributed by atoms with E-state index in [1.165, 1.54) is 24.0 Å². The molecule has 2 aromatic rings. The Kier molecular flexibility index (Phi) is 4.61. The van der Waals surface area contributed by atoms with Gasteiger partial charge in [-0.1, -0.05) is 6.07 Å². The SMILES string of the molecule is O=C(CN1CCN(c2ncccn2)CC1)Nc1ccc2c(c1)CCC2. The van der Waals surface area contributed by atoms with Gasteiger partial charge in [-0.05, 0) is 48.6 Å². The van der Waals surface area contributed by atoms with Gasteiger partial charge in [-0.25, -0.2) is 9.97 Å². The number of nitrogens with one attached hydrogen (secondary N) is 1. The molecule has 1 aliphatic heterocycles. The smallest absolute Gasteiger partial charge is 0.238 e. The molecule has 2 heterocycles. The van der Waals surface area contributed by atoms with Gasteiger partial charge in [-0.15, -0.1) is 0 Å². The Labute approximate surface area is 147 Å². The van der Waals surface area contributed by atoms with Crippen molar-refractivity contribution < 1.29 is 4.79 Å². The molecule has 0 spiro atoms. The monoisotopic (exact) mass is 337 g/mol. The van der Waals surface area contributed by atoms with Crippen LogP contribution in [0.25, 0.3) is 0 Å². The lowest BCUT2D eigenvalue weighted by Crippen LogP contribution is -2.49. The molecule has 1 aromatic heterocycles. The quantitative estimate of drug-likeness (QED) is 0.921. The highest BCUT2D eigenvalue weighted by Gasteiger charge is 2.20. The summed E-state index contributed by atoms with van der Waals surface area (Å²) in [5.41, 5.74) is 3.73. The van der Waals surface area contributed by atoms with E-state index in [9.17, 15) is 4.79 Å². The van der Waals surface area contributed by atoms with Gasteiger partial charge in [0, 0.05) is 44.3 Å². The van der Waals surface area contributed by atoms with E-state index in [0.29, 0.717) is 6.54 Å². The van der Waals surface area contributed by atoms with Gasteiger partial charge in [0.25, 0.3) is 0 Å². The van der Waals surface area contributed by atoms with Gasteiger partial charge in [0.2, 0.25) is 11.9 Å². The van der Waals surface area contributed by atoms with Crippen LogP contribution in [0.5, 0.6) is 0 Å². The fourth-order valence-electron chi connectivity index (χ4n) is 3.61. The minimum absolute atomic E-state index is 0.0577. The zero-order chi connectivity index (χ0) is 17.1. The number of carbonyl (C=O) groups excluding carboxylic acids is 1. The Balaban J connectivity index is 1.28. The van der Waals surface area contributed by atoms with E-state index in [2.05, 4.69) is 37.2 Å². The number of aromatic nitrogens is 2. The Morgan fingerprint density at radius 2 is 1.80 bits per heavy atom. The van der Waals surface area contributed by atoms with Crippen LogP contribution in [0.1, 0.15) is 17.5 Å². The number of benzene rings is 1. The maximum Gasteiger partial charge on any atom is 0.238 e. The van der Waals surface area contributed by atoms with Crippen LogP contribution in [0, 0.1) is 0 Å². The fourth-order valence-corrected chi connectivity index (χ4v) is 3.61. The lowest BCUT2D eigenvalue weighted by atomic mass is 10.1. The number of anilines is 2. The number of hydrogen-bond donors (Lipinski definition) is 1. The largest absolute Gasteiger partial charge is 0.338 e. The molecule has 0 saturated carbocycles. The number of rotatable bonds is 4. The second-order valence-corrected chi connectivity index (χ2v) is 6.70. The first-order valence-electron chi connectivity index (χ1n) is 8.94. The molecule has 1 amide bonds. The van der Waals surface area contributed by atoms with Crippen molar-refractivity contribution in [2.75, 3.05) is 42.9 Å². The van der Waals surface area contributed by atoms with Gasteiger partial charge >= 0.3 is 0 Å². The molecule has 1 saturated heterocycles. The van der Waals surface area contributed by atoms with E-state index in [1.54, 1.807) is 12.4 Å². The van der Waals surface area contributed by atoms with Crippen molar-refractivity contribution in [1.29, 1.82) is 0 Å². The molecule has 6 heteroatoms. The van der Waals surface area contributed by atoms with Crippen LogP contribution in [0.15, 0.2) is 36.7 Å². The van der Waals surface area contributed by atoms with Crippen LogP contribution < -0.4 is 10.2 Å². The number of piperazine rings is 1. The van der Waals surface area contributed by atoms with Crippen molar-refractivity contribution in [2.24, 2.45) is 0 Å². The van der Waals surface area contributed by atoms with Crippen molar-refractivity contribution >= 4 is 17.5 Å². The average Bonchev–Trinajstić information content (AvgIpc) is 3.11. The summed E-state index contributed by atoms with van der Waals surface area (Å²) < 4.78 is 0. The molecular formula is C19H23N5O. The number of amides is 1.